The number of nitrogens with zero attached hydrogens (tertiary/aromatic N) is 2. The summed E-state index contributed by atoms with van der Waals surface area (Å²) in [5.41, 5.74) is 3.76. The van der Waals surface area contributed by atoms with Crippen LogP contribution in [0.25, 0.3) is 0 Å². The summed E-state index contributed by atoms with van der Waals surface area (Å²) in [6, 6.07) is -0.0695. The fourth-order valence-corrected chi connectivity index (χ4v) is 3.22. The number of hydrogen-bond acceptors (Lipinski definition) is 4. The molecule has 2 aromatic rings. The van der Waals surface area contributed by atoms with E-state index < -0.39 is 0 Å². The van der Waals surface area contributed by atoms with Crippen LogP contribution in [-0.4, -0.2) is 21.1 Å². The van der Waals surface area contributed by atoms with Gasteiger partial charge in [0.05, 0.1) is 28.9 Å². The predicted octanol–water partition coefficient (Wildman–Crippen LogP) is 2.52. The lowest BCUT2D eigenvalue weighted by Crippen LogP contribution is -2.29. The number of aromatic amines is 1. The minimum atomic E-state index is -0.0695. The van der Waals surface area contributed by atoms with Crippen LogP contribution in [0.5, 0.6) is 0 Å². The molecule has 2 rings (SSSR count). The first-order valence-corrected chi connectivity index (χ1v) is 7.44. The van der Waals surface area contributed by atoms with Gasteiger partial charge in [-0.25, -0.2) is 4.98 Å². The fraction of sp³-hybridized carbons (Fsp3) is 0.500. The van der Waals surface area contributed by atoms with Crippen molar-refractivity contribution in [2.75, 3.05) is 0 Å². The highest BCUT2D eigenvalue weighted by Gasteiger charge is 2.17. The number of carbonyl (C=O) groups is 1. The molecule has 0 aromatic carbocycles. The van der Waals surface area contributed by atoms with Crippen LogP contribution in [0.4, 0.5) is 0 Å². The second kappa shape index (κ2) is 5.75. The van der Waals surface area contributed by atoms with E-state index in [0.717, 1.165) is 32.5 Å². The number of hydrogen-bond donors (Lipinski definition) is 2. The summed E-state index contributed by atoms with van der Waals surface area (Å²) in [5.74, 6) is -0.00449. The maximum atomic E-state index is 12.1. The van der Waals surface area contributed by atoms with Crippen LogP contribution >= 0.6 is 11.3 Å². The number of nitrogens with one attached hydrogen (secondary N) is 2. The summed E-state index contributed by atoms with van der Waals surface area (Å²) in [5, 5.41) is 11.0. The number of carbonyl (C=O) groups excluding carboxylic acids is 1. The molecule has 0 aliphatic heterocycles. The number of aromatic nitrogens is 3. The lowest BCUT2D eigenvalue weighted by Gasteiger charge is -2.13. The van der Waals surface area contributed by atoms with Gasteiger partial charge in [0.2, 0.25) is 5.91 Å². The van der Waals surface area contributed by atoms with Crippen molar-refractivity contribution in [3.63, 3.8) is 0 Å². The van der Waals surface area contributed by atoms with Gasteiger partial charge in [0.1, 0.15) is 0 Å². The molecular formula is C14H20N4OS. The molecule has 1 amide bonds. The Morgan fingerprint density at radius 1 is 1.35 bits per heavy atom. The van der Waals surface area contributed by atoms with E-state index in [1.54, 1.807) is 11.3 Å². The quantitative estimate of drug-likeness (QED) is 0.909. The Hall–Kier alpha value is -1.69. The van der Waals surface area contributed by atoms with Gasteiger partial charge in [0.25, 0.3) is 0 Å². The van der Waals surface area contributed by atoms with Gasteiger partial charge >= 0.3 is 0 Å². The normalized spacial score (nSPS) is 12.4. The molecule has 2 N–H and O–H groups in total. The summed E-state index contributed by atoms with van der Waals surface area (Å²) in [6.45, 7) is 9.82. The van der Waals surface area contributed by atoms with E-state index >= 15 is 0 Å². The van der Waals surface area contributed by atoms with Crippen LogP contribution in [0.2, 0.25) is 0 Å². The van der Waals surface area contributed by atoms with Gasteiger partial charge in [0, 0.05) is 16.1 Å². The van der Waals surface area contributed by atoms with Gasteiger partial charge in [-0.2, -0.15) is 5.10 Å². The highest BCUT2D eigenvalue weighted by Crippen LogP contribution is 2.22. The van der Waals surface area contributed by atoms with E-state index in [2.05, 4.69) is 20.5 Å². The Kier molecular flexibility index (Phi) is 4.23. The average Bonchev–Trinajstić information content (AvgIpc) is 2.85. The Bertz CT molecular complexity index is 610. The third-order valence-corrected chi connectivity index (χ3v) is 4.25. The maximum Gasteiger partial charge on any atom is 0.225 e. The molecule has 20 heavy (non-hydrogen) atoms. The van der Waals surface area contributed by atoms with Gasteiger partial charge in [-0.15, -0.1) is 11.3 Å². The van der Waals surface area contributed by atoms with Crippen LogP contribution in [0.1, 0.15) is 45.5 Å². The minimum absolute atomic E-state index is 0.00449. The van der Waals surface area contributed by atoms with Crippen LogP contribution in [-0.2, 0) is 11.2 Å². The summed E-state index contributed by atoms with van der Waals surface area (Å²) in [4.78, 5) is 17.8. The Morgan fingerprint density at radius 2 is 2.05 bits per heavy atom. The summed E-state index contributed by atoms with van der Waals surface area (Å²) in [6.07, 6.45) is 0.348. The lowest BCUT2D eigenvalue weighted by molar-refractivity contribution is -0.121. The average molecular weight is 292 g/mol. The zero-order valence-electron chi connectivity index (χ0n) is 12.5. The Balaban J connectivity index is 2.03. The second-order valence-electron chi connectivity index (χ2n) is 5.05. The van der Waals surface area contributed by atoms with E-state index in [9.17, 15) is 4.79 Å². The molecule has 2 aromatic heterocycles. The number of thiazole rings is 1. The van der Waals surface area contributed by atoms with Gasteiger partial charge in [0.15, 0.2) is 0 Å². The summed E-state index contributed by atoms with van der Waals surface area (Å²) in [7, 11) is 0. The molecule has 6 heteroatoms. The molecule has 0 aliphatic rings. The van der Waals surface area contributed by atoms with Crippen molar-refractivity contribution >= 4 is 17.2 Å². The second-order valence-corrected chi connectivity index (χ2v) is 6.46. The third kappa shape index (κ3) is 3.07. The zero-order valence-corrected chi connectivity index (χ0v) is 13.3. The number of H-pyrrole nitrogens is 1. The molecule has 0 saturated heterocycles. The monoisotopic (exact) mass is 292 g/mol. The maximum absolute atomic E-state index is 12.1. The summed E-state index contributed by atoms with van der Waals surface area (Å²) >= 11 is 1.66. The molecule has 0 fully saturated rings. The topological polar surface area (TPSA) is 70.7 Å². The highest BCUT2D eigenvalue weighted by molar-refractivity contribution is 7.11. The van der Waals surface area contributed by atoms with Crippen molar-refractivity contribution in [2.45, 2.75) is 47.1 Å². The lowest BCUT2D eigenvalue weighted by atomic mass is 10.1. The van der Waals surface area contributed by atoms with E-state index in [1.165, 1.54) is 0 Å². The third-order valence-electron chi connectivity index (χ3n) is 3.35. The molecule has 0 saturated carbocycles. The number of rotatable bonds is 4. The minimum Gasteiger partial charge on any atom is -0.348 e. The van der Waals surface area contributed by atoms with Crippen molar-refractivity contribution in [2.24, 2.45) is 0 Å². The number of aryl methyl sites for hydroxylation is 4. The Morgan fingerprint density at radius 3 is 2.55 bits per heavy atom. The highest BCUT2D eigenvalue weighted by atomic mass is 32.1. The van der Waals surface area contributed by atoms with Gasteiger partial charge in [-0.3, -0.25) is 9.89 Å². The van der Waals surface area contributed by atoms with E-state index in [-0.39, 0.29) is 11.9 Å². The molecule has 0 radical (unpaired) electrons. The Labute approximate surface area is 122 Å². The van der Waals surface area contributed by atoms with Crippen molar-refractivity contribution in [1.82, 2.24) is 20.5 Å². The molecule has 108 valence electrons. The molecule has 1 atom stereocenters. The van der Waals surface area contributed by atoms with Crippen LogP contribution < -0.4 is 5.32 Å². The van der Waals surface area contributed by atoms with Crippen molar-refractivity contribution in [3.05, 3.63) is 32.5 Å². The SMILES string of the molecule is Cc1nc(C(C)NC(=O)Cc2c(C)n[nH]c2C)c(C)s1. The molecule has 0 spiro atoms. The van der Waals surface area contributed by atoms with Crippen LogP contribution in [0, 0.1) is 27.7 Å². The van der Waals surface area contributed by atoms with Crippen molar-refractivity contribution < 1.29 is 4.79 Å². The summed E-state index contributed by atoms with van der Waals surface area (Å²) < 4.78 is 0. The van der Waals surface area contributed by atoms with Gasteiger partial charge in [-0.05, 0) is 34.6 Å². The first-order chi connectivity index (χ1) is 9.38. The van der Waals surface area contributed by atoms with E-state index in [0.29, 0.717) is 6.42 Å². The zero-order chi connectivity index (χ0) is 14.9. The fourth-order valence-electron chi connectivity index (χ4n) is 2.30. The van der Waals surface area contributed by atoms with Crippen LogP contribution in [0.3, 0.4) is 0 Å². The largest absolute Gasteiger partial charge is 0.348 e. The molecule has 0 aliphatic carbocycles. The molecular weight excluding hydrogens is 272 g/mol. The molecule has 0 bridgehead atoms. The first kappa shape index (κ1) is 14.7. The first-order valence-electron chi connectivity index (χ1n) is 6.62. The van der Waals surface area contributed by atoms with E-state index in [4.69, 9.17) is 0 Å². The van der Waals surface area contributed by atoms with Gasteiger partial charge < -0.3 is 5.32 Å². The van der Waals surface area contributed by atoms with Crippen molar-refractivity contribution in [1.29, 1.82) is 0 Å². The van der Waals surface area contributed by atoms with E-state index in [1.807, 2.05) is 34.6 Å². The van der Waals surface area contributed by atoms with Crippen molar-refractivity contribution in [3.8, 4) is 0 Å². The molecule has 5 nitrogen and oxygen atoms in total. The standard InChI is InChI=1S/C14H20N4OS/c1-7-12(8(2)18-17-7)6-13(19)15-9(3)14-10(4)20-11(5)16-14/h9H,6H2,1-5H3,(H,15,19)(H,17,18). The predicted molar refractivity (Wildman–Crippen MR) is 79.9 cm³/mol. The van der Waals surface area contributed by atoms with Gasteiger partial charge in [-0.1, -0.05) is 0 Å². The molecule has 1 unspecified atom stereocenters. The molecule has 2 heterocycles. The number of amides is 1. The smallest absolute Gasteiger partial charge is 0.225 e. The van der Waals surface area contributed by atoms with Crippen LogP contribution in [0.15, 0.2) is 0 Å².